The van der Waals surface area contributed by atoms with E-state index in [2.05, 4.69) is 65.6 Å². The third-order valence-corrected chi connectivity index (χ3v) is 6.21. The first-order valence-electron chi connectivity index (χ1n) is 11.6. The van der Waals surface area contributed by atoms with E-state index in [9.17, 15) is 4.79 Å². The quantitative estimate of drug-likeness (QED) is 0.501. The molecule has 1 aliphatic rings. The van der Waals surface area contributed by atoms with E-state index in [1.807, 2.05) is 36.1 Å². The Labute approximate surface area is 196 Å². The van der Waals surface area contributed by atoms with Gasteiger partial charge in [0.2, 0.25) is 0 Å². The first-order chi connectivity index (χ1) is 16.2. The maximum Gasteiger partial charge on any atom is 0.263 e. The molecule has 33 heavy (non-hydrogen) atoms. The van der Waals surface area contributed by atoms with Gasteiger partial charge < -0.3 is 14.4 Å². The van der Waals surface area contributed by atoms with Gasteiger partial charge in [-0.25, -0.2) is 0 Å². The molecule has 1 amide bonds. The highest BCUT2D eigenvalue weighted by Gasteiger charge is 2.31. The van der Waals surface area contributed by atoms with E-state index in [0.29, 0.717) is 25.3 Å². The molecule has 0 radical (unpaired) electrons. The smallest absolute Gasteiger partial charge is 0.263 e. The lowest BCUT2D eigenvalue weighted by Crippen LogP contribution is -2.53. The van der Waals surface area contributed by atoms with Crippen LogP contribution in [0.2, 0.25) is 0 Å². The van der Waals surface area contributed by atoms with Crippen molar-refractivity contribution in [3.8, 4) is 11.5 Å². The molecule has 1 aliphatic heterocycles. The van der Waals surface area contributed by atoms with Gasteiger partial charge in [0.15, 0.2) is 6.10 Å². The number of methoxy groups -OCH3 is 1. The van der Waals surface area contributed by atoms with Crippen LogP contribution in [0.4, 0.5) is 0 Å². The fourth-order valence-electron chi connectivity index (χ4n) is 4.42. The summed E-state index contributed by atoms with van der Waals surface area (Å²) in [5, 5.41) is 0. The second kappa shape index (κ2) is 11.0. The molecular weight excluding hydrogens is 412 g/mol. The third kappa shape index (κ3) is 5.55. The van der Waals surface area contributed by atoms with E-state index in [1.54, 1.807) is 7.11 Å². The van der Waals surface area contributed by atoms with Crippen LogP contribution in [0.3, 0.4) is 0 Å². The summed E-state index contributed by atoms with van der Waals surface area (Å²) in [6.45, 7) is 5.01. The van der Waals surface area contributed by atoms with Crippen LogP contribution in [0.25, 0.3) is 0 Å². The minimum Gasteiger partial charge on any atom is -0.497 e. The van der Waals surface area contributed by atoms with Crippen LogP contribution in [-0.2, 0) is 4.79 Å². The van der Waals surface area contributed by atoms with Gasteiger partial charge in [0, 0.05) is 26.2 Å². The van der Waals surface area contributed by atoms with Gasteiger partial charge in [0.05, 0.1) is 13.2 Å². The van der Waals surface area contributed by atoms with E-state index in [1.165, 1.54) is 11.1 Å². The summed E-state index contributed by atoms with van der Waals surface area (Å²) in [5.74, 6) is 1.51. The van der Waals surface area contributed by atoms with Crippen molar-refractivity contribution in [3.05, 3.63) is 96.1 Å². The zero-order valence-corrected chi connectivity index (χ0v) is 19.4. The van der Waals surface area contributed by atoms with Gasteiger partial charge in [-0.2, -0.15) is 0 Å². The van der Waals surface area contributed by atoms with Crippen molar-refractivity contribution >= 4 is 5.91 Å². The van der Waals surface area contributed by atoms with Crippen molar-refractivity contribution in [2.75, 3.05) is 33.3 Å². The fourth-order valence-corrected chi connectivity index (χ4v) is 4.42. The summed E-state index contributed by atoms with van der Waals surface area (Å²) < 4.78 is 11.2. The number of carbonyl (C=O) groups excluding carboxylic acids is 1. The molecule has 0 unspecified atom stereocenters. The Morgan fingerprint density at radius 2 is 1.30 bits per heavy atom. The van der Waals surface area contributed by atoms with Crippen molar-refractivity contribution in [1.82, 2.24) is 9.80 Å². The average Bonchev–Trinajstić information content (AvgIpc) is 2.89. The maximum atomic E-state index is 13.2. The molecule has 0 aromatic heterocycles. The number of hydrogen-bond donors (Lipinski definition) is 0. The second-order valence-electron chi connectivity index (χ2n) is 8.28. The van der Waals surface area contributed by atoms with Crippen LogP contribution in [0.1, 0.15) is 30.5 Å². The lowest BCUT2D eigenvalue weighted by Gasteiger charge is -2.40. The van der Waals surface area contributed by atoms with Gasteiger partial charge in [-0.15, -0.1) is 0 Å². The zero-order chi connectivity index (χ0) is 23.0. The number of amides is 1. The van der Waals surface area contributed by atoms with Crippen LogP contribution < -0.4 is 9.47 Å². The summed E-state index contributed by atoms with van der Waals surface area (Å²) in [4.78, 5) is 17.6. The van der Waals surface area contributed by atoms with Crippen molar-refractivity contribution in [3.63, 3.8) is 0 Å². The van der Waals surface area contributed by atoms with Crippen molar-refractivity contribution < 1.29 is 14.3 Å². The Hall–Kier alpha value is -3.31. The van der Waals surface area contributed by atoms with Crippen molar-refractivity contribution in [2.45, 2.75) is 25.5 Å². The van der Waals surface area contributed by atoms with Crippen molar-refractivity contribution in [2.24, 2.45) is 0 Å². The van der Waals surface area contributed by atoms with E-state index in [-0.39, 0.29) is 11.9 Å². The Kier molecular flexibility index (Phi) is 7.63. The van der Waals surface area contributed by atoms with Crippen LogP contribution in [0.5, 0.6) is 11.5 Å². The molecule has 0 bridgehead atoms. The Morgan fingerprint density at radius 3 is 1.79 bits per heavy atom. The average molecular weight is 445 g/mol. The summed E-state index contributed by atoms with van der Waals surface area (Å²) in [5.41, 5.74) is 2.55. The number of benzene rings is 3. The molecule has 0 aliphatic carbocycles. The van der Waals surface area contributed by atoms with Gasteiger partial charge in [0.1, 0.15) is 11.5 Å². The Morgan fingerprint density at radius 1 is 0.788 bits per heavy atom. The molecule has 3 aromatic carbocycles. The standard InChI is InChI=1S/C28H32N2O3/c1-3-26(33-25-16-14-24(32-2)15-17-25)28(31)30-20-18-29(19-21-30)27(22-10-6-4-7-11-22)23-12-8-5-9-13-23/h4-17,26-27H,3,18-21H2,1-2H3/t26-/m0/s1. The molecule has 1 fully saturated rings. The highest BCUT2D eigenvalue weighted by molar-refractivity contribution is 5.81. The fraction of sp³-hybridized carbons (Fsp3) is 0.321. The highest BCUT2D eigenvalue weighted by Crippen LogP contribution is 2.29. The van der Waals surface area contributed by atoms with Gasteiger partial charge in [-0.1, -0.05) is 67.6 Å². The number of ether oxygens (including phenoxy) is 2. The van der Waals surface area contributed by atoms with Gasteiger partial charge in [-0.3, -0.25) is 9.69 Å². The molecule has 3 aromatic rings. The summed E-state index contributed by atoms with van der Waals surface area (Å²) in [6, 6.07) is 28.8. The SMILES string of the molecule is CC[C@H](Oc1ccc(OC)cc1)C(=O)N1CCN(C(c2ccccc2)c2ccccc2)CC1. The van der Waals surface area contributed by atoms with Crippen molar-refractivity contribution in [1.29, 1.82) is 0 Å². The number of carbonyl (C=O) groups is 1. The van der Waals surface area contributed by atoms with Gasteiger partial charge in [0.25, 0.3) is 5.91 Å². The molecule has 5 heteroatoms. The first kappa shape index (κ1) is 22.9. The summed E-state index contributed by atoms with van der Waals surface area (Å²) >= 11 is 0. The number of hydrogen-bond acceptors (Lipinski definition) is 4. The minimum absolute atomic E-state index is 0.0592. The molecule has 0 N–H and O–H groups in total. The predicted molar refractivity (Wildman–Crippen MR) is 131 cm³/mol. The maximum absolute atomic E-state index is 13.2. The molecule has 4 rings (SSSR count). The number of piperazine rings is 1. The lowest BCUT2D eigenvalue weighted by molar-refractivity contribution is -0.140. The lowest BCUT2D eigenvalue weighted by atomic mass is 9.96. The second-order valence-corrected chi connectivity index (χ2v) is 8.28. The minimum atomic E-state index is -0.482. The van der Waals surface area contributed by atoms with E-state index < -0.39 is 6.10 Å². The molecule has 1 heterocycles. The molecule has 1 atom stereocenters. The zero-order valence-electron chi connectivity index (χ0n) is 19.4. The van der Waals surface area contributed by atoms with Gasteiger partial charge >= 0.3 is 0 Å². The predicted octanol–water partition coefficient (Wildman–Crippen LogP) is 4.79. The Bertz CT molecular complexity index is 961. The van der Waals surface area contributed by atoms with Crippen LogP contribution in [0, 0.1) is 0 Å². The molecular formula is C28H32N2O3. The summed E-state index contributed by atoms with van der Waals surface area (Å²) in [6.07, 6.45) is 0.144. The third-order valence-electron chi connectivity index (χ3n) is 6.21. The molecule has 0 spiro atoms. The highest BCUT2D eigenvalue weighted by atomic mass is 16.5. The van der Waals surface area contributed by atoms with E-state index in [0.717, 1.165) is 18.8 Å². The molecule has 1 saturated heterocycles. The largest absolute Gasteiger partial charge is 0.497 e. The monoisotopic (exact) mass is 444 g/mol. The number of nitrogens with zero attached hydrogens (tertiary/aromatic N) is 2. The molecule has 5 nitrogen and oxygen atoms in total. The van der Waals surface area contributed by atoms with Crippen LogP contribution in [-0.4, -0.2) is 55.1 Å². The molecule has 172 valence electrons. The topological polar surface area (TPSA) is 42.0 Å². The number of rotatable bonds is 8. The van der Waals surface area contributed by atoms with E-state index >= 15 is 0 Å². The Balaban J connectivity index is 1.42. The van der Waals surface area contributed by atoms with Gasteiger partial charge in [-0.05, 0) is 41.8 Å². The normalized spacial score (nSPS) is 15.3. The molecule has 0 saturated carbocycles. The summed E-state index contributed by atoms with van der Waals surface area (Å²) in [7, 11) is 1.63. The van der Waals surface area contributed by atoms with E-state index in [4.69, 9.17) is 9.47 Å². The van der Waals surface area contributed by atoms with Crippen LogP contribution >= 0.6 is 0 Å². The van der Waals surface area contributed by atoms with Crippen LogP contribution in [0.15, 0.2) is 84.9 Å². The first-order valence-corrected chi connectivity index (χ1v) is 11.6.